The molecule has 1 aliphatic rings. The first-order chi connectivity index (χ1) is 7.49. The zero-order valence-corrected chi connectivity index (χ0v) is 12.5. The molecule has 1 saturated heterocycles. The molecule has 5 nitrogen and oxygen atoms in total. The van der Waals surface area contributed by atoms with Crippen molar-refractivity contribution >= 4 is 11.9 Å². The Morgan fingerprint density at radius 2 is 2.18 bits per heavy atom. The molecule has 0 aromatic heterocycles. The molecular weight excluding hydrogens is 235 g/mol. The van der Waals surface area contributed by atoms with Gasteiger partial charge in [-0.2, -0.15) is 0 Å². The zero-order valence-electron chi connectivity index (χ0n) is 10.5. The van der Waals surface area contributed by atoms with Crippen molar-refractivity contribution in [3.8, 4) is 0 Å². The van der Waals surface area contributed by atoms with Crippen molar-refractivity contribution in [1.29, 1.82) is 0 Å². The Balaban J connectivity index is 0.00000256. The SMILES string of the molecule is CCCC[C@H]1OC(=O)[C@H]([C@H](C)C(=O)[O-])[C@H]1O.[Na+]. The molecule has 4 atom stereocenters. The van der Waals surface area contributed by atoms with Crippen LogP contribution < -0.4 is 34.7 Å². The maximum atomic E-state index is 11.4. The zero-order chi connectivity index (χ0) is 12.3. The Morgan fingerprint density at radius 3 is 2.65 bits per heavy atom. The Hall–Kier alpha value is -0.100. The Morgan fingerprint density at radius 1 is 1.59 bits per heavy atom. The van der Waals surface area contributed by atoms with Crippen molar-refractivity contribution in [3.05, 3.63) is 0 Å². The number of esters is 1. The summed E-state index contributed by atoms with van der Waals surface area (Å²) >= 11 is 0. The third kappa shape index (κ3) is 3.95. The number of ether oxygens (including phenoxy) is 1. The van der Waals surface area contributed by atoms with Gasteiger partial charge in [0.2, 0.25) is 0 Å². The Kier molecular flexibility index (Phi) is 7.32. The van der Waals surface area contributed by atoms with Gasteiger partial charge in [0.05, 0.1) is 5.92 Å². The molecule has 0 radical (unpaired) electrons. The second kappa shape index (κ2) is 7.36. The van der Waals surface area contributed by atoms with Crippen molar-refractivity contribution in [2.75, 3.05) is 0 Å². The Labute approximate surface area is 123 Å². The van der Waals surface area contributed by atoms with Crippen molar-refractivity contribution in [2.45, 2.75) is 45.3 Å². The van der Waals surface area contributed by atoms with Gasteiger partial charge in [0.1, 0.15) is 12.2 Å². The summed E-state index contributed by atoms with van der Waals surface area (Å²) in [5.41, 5.74) is 0. The van der Waals surface area contributed by atoms with Crippen LogP contribution in [-0.4, -0.2) is 29.3 Å². The predicted octanol–water partition coefficient (Wildman–Crippen LogP) is -3.53. The minimum absolute atomic E-state index is 0. The molecule has 0 unspecified atom stereocenters. The minimum Gasteiger partial charge on any atom is -0.550 e. The van der Waals surface area contributed by atoms with Crippen molar-refractivity contribution in [1.82, 2.24) is 0 Å². The van der Waals surface area contributed by atoms with E-state index in [9.17, 15) is 19.8 Å². The van der Waals surface area contributed by atoms with Gasteiger partial charge in [0.25, 0.3) is 0 Å². The van der Waals surface area contributed by atoms with E-state index in [1.165, 1.54) is 6.92 Å². The van der Waals surface area contributed by atoms with Crippen LogP contribution in [-0.2, 0) is 14.3 Å². The third-order valence-electron chi connectivity index (χ3n) is 3.04. The number of carbonyl (C=O) groups is 2. The van der Waals surface area contributed by atoms with Gasteiger partial charge in [0.15, 0.2) is 0 Å². The van der Waals surface area contributed by atoms with Gasteiger partial charge in [-0.1, -0.05) is 20.3 Å². The first-order valence-corrected chi connectivity index (χ1v) is 5.58. The second-order valence-electron chi connectivity index (χ2n) is 4.24. The van der Waals surface area contributed by atoms with Crippen LogP contribution in [0.15, 0.2) is 0 Å². The molecule has 92 valence electrons. The molecule has 0 amide bonds. The van der Waals surface area contributed by atoms with E-state index in [-0.39, 0.29) is 29.6 Å². The van der Waals surface area contributed by atoms with Crippen LogP contribution in [0.4, 0.5) is 0 Å². The molecule has 1 aliphatic heterocycles. The van der Waals surface area contributed by atoms with Gasteiger partial charge in [-0.25, -0.2) is 0 Å². The number of hydrogen-bond acceptors (Lipinski definition) is 5. The maximum absolute atomic E-state index is 11.4. The summed E-state index contributed by atoms with van der Waals surface area (Å²) in [7, 11) is 0. The molecule has 1 rings (SSSR count). The molecule has 17 heavy (non-hydrogen) atoms. The van der Waals surface area contributed by atoms with E-state index in [1.807, 2.05) is 6.92 Å². The summed E-state index contributed by atoms with van der Waals surface area (Å²) in [6.45, 7) is 3.34. The van der Waals surface area contributed by atoms with Gasteiger partial charge in [-0.3, -0.25) is 4.79 Å². The van der Waals surface area contributed by atoms with Gasteiger partial charge >= 0.3 is 35.5 Å². The average Bonchev–Trinajstić information content (AvgIpc) is 2.50. The van der Waals surface area contributed by atoms with Crippen molar-refractivity contribution in [2.24, 2.45) is 11.8 Å². The number of aliphatic hydroxyl groups is 1. The summed E-state index contributed by atoms with van der Waals surface area (Å²) in [4.78, 5) is 22.1. The number of aliphatic hydroxyl groups excluding tert-OH is 1. The molecule has 0 aliphatic carbocycles. The van der Waals surface area contributed by atoms with E-state index in [1.54, 1.807) is 0 Å². The van der Waals surface area contributed by atoms with E-state index >= 15 is 0 Å². The summed E-state index contributed by atoms with van der Waals surface area (Å²) < 4.78 is 4.98. The number of cyclic esters (lactones) is 1. The van der Waals surface area contributed by atoms with Crippen LogP contribution in [0.1, 0.15) is 33.1 Å². The van der Waals surface area contributed by atoms with Crippen molar-refractivity contribution < 1.29 is 54.1 Å². The molecule has 0 spiro atoms. The quantitative estimate of drug-likeness (QED) is 0.405. The van der Waals surface area contributed by atoms with E-state index in [2.05, 4.69) is 0 Å². The number of unbranched alkanes of at least 4 members (excludes halogenated alkanes) is 1. The van der Waals surface area contributed by atoms with Crippen molar-refractivity contribution in [3.63, 3.8) is 0 Å². The molecule has 6 heteroatoms. The average molecular weight is 252 g/mol. The second-order valence-corrected chi connectivity index (χ2v) is 4.24. The number of aliphatic carboxylic acids is 1. The largest absolute Gasteiger partial charge is 1.00 e. The van der Waals surface area contributed by atoms with Gasteiger partial charge < -0.3 is 19.7 Å². The minimum atomic E-state index is -1.34. The standard InChI is InChI=1S/C11H18O5.Na/c1-3-4-5-7-9(12)8(11(15)16-7)6(2)10(13)14;/h6-9,12H,3-5H2,1-2H3,(H,13,14);/q;+1/p-1/t6-,7+,8+,9-;/m0./s1. The number of carboxylic acid groups (broad SMARTS) is 1. The summed E-state index contributed by atoms with van der Waals surface area (Å²) in [6.07, 6.45) is 0.731. The van der Waals surface area contributed by atoms with E-state index in [4.69, 9.17) is 4.74 Å². The summed E-state index contributed by atoms with van der Waals surface area (Å²) in [5.74, 6) is -3.98. The van der Waals surface area contributed by atoms with Crippen LogP contribution in [0.25, 0.3) is 0 Å². The molecular formula is C11H17NaO5. The number of hydrogen-bond donors (Lipinski definition) is 1. The smallest absolute Gasteiger partial charge is 0.550 e. The summed E-state index contributed by atoms with van der Waals surface area (Å²) in [6, 6.07) is 0. The van der Waals surface area contributed by atoms with E-state index in [0.717, 1.165) is 12.8 Å². The first-order valence-electron chi connectivity index (χ1n) is 5.58. The third-order valence-corrected chi connectivity index (χ3v) is 3.04. The molecule has 1 N–H and O–H groups in total. The fraction of sp³-hybridized carbons (Fsp3) is 0.818. The van der Waals surface area contributed by atoms with Crippen LogP contribution in [0.5, 0.6) is 0 Å². The molecule has 1 fully saturated rings. The molecule has 1 heterocycles. The van der Waals surface area contributed by atoms with Crippen LogP contribution in [0, 0.1) is 11.8 Å². The van der Waals surface area contributed by atoms with Crippen LogP contribution >= 0.6 is 0 Å². The van der Waals surface area contributed by atoms with E-state index in [0.29, 0.717) is 6.42 Å². The fourth-order valence-electron chi connectivity index (χ4n) is 1.95. The predicted molar refractivity (Wildman–Crippen MR) is 53.1 cm³/mol. The number of carboxylic acids is 1. The van der Waals surface area contributed by atoms with E-state index < -0.39 is 36.0 Å². The van der Waals surface area contributed by atoms with Gasteiger partial charge in [0, 0.05) is 11.9 Å². The van der Waals surface area contributed by atoms with Gasteiger partial charge in [-0.15, -0.1) is 0 Å². The molecule has 0 bridgehead atoms. The van der Waals surface area contributed by atoms with Crippen LogP contribution in [0.3, 0.4) is 0 Å². The summed E-state index contributed by atoms with van der Waals surface area (Å²) in [5, 5.41) is 20.5. The topological polar surface area (TPSA) is 86.7 Å². The number of rotatable bonds is 5. The number of carbonyl (C=O) groups excluding carboxylic acids is 2. The maximum Gasteiger partial charge on any atom is 1.00 e. The van der Waals surface area contributed by atoms with Crippen LogP contribution in [0.2, 0.25) is 0 Å². The molecule has 0 aromatic rings. The Bertz CT molecular complexity index is 281. The first kappa shape index (κ1) is 16.9. The monoisotopic (exact) mass is 252 g/mol. The molecule has 0 aromatic carbocycles. The molecule has 0 saturated carbocycles. The fourth-order valence-corrected chi connectivity index (χ4v) is 1.95. The van der Waals surface area contributed by atoms with Gasteiger partial charge in [-0.05, 0) is 12.8 Å². The normalized spacial score (nSPS) is 29.4.